The molecule has 2 rings (SSSR count). The molecule has 0 spiro atoms. The Morgan fingerprint density at radius 1 is 1.05 bits per heavy atom. The van der Waals surface area contributed by atoms with E-state index in [2.05, 4.69) is 5.32 Å². The van der Waals surface area contributed by atoms with Crippen LogP contribution in [-0.4, -0.2) is 11.8 Å². The molecule has 0 aliphatic heterocycles. The van der Waals surface area contributed by atoms with Gasteiger partial charge < -0.3 is 11.1 Å². The van der Waals surface area contributed by atoms with Crippen molar-refractivity contribution in [3.63, 3.8) is 0 Å². The van der Waals surface area contributed by atoms with Gasteiger partial charge in [0, 0.05) is 5.02 Å². The minimum atomic E-state index is -0.828. The van der Waals surface area contributed by atoms with E-state index in [0.717, 1.165) is 5.56 Å². The van der Waals surface area contributed by atoms with Gasteiger partial charge in [0.1, 0.15) is 6.04 Å². The van der Waals surface area contributed by atoms with Crippen molar-refractivity contribution in [1.29, 1.82) is 0 Å². The van der Waals surface area contributed by atoms with Crippen molar-refractivity contribution in [2.75, 3.05) is 0 Å². The Morgan fingerprint density at radius 2 is 1.67 bits per heavy atom. The highest BCUT2D eigenvalue weighted by Crippen LogP contribution is 2.13. The predicted molar refractivity (Wildman–Crippen MR) is 81.7 cm³/mol. The first-order valence-electron chi connectivity index (χ1n) is 6.44. The van der Waals surface area contributed by atoms with Crippen molar-refractivity contribution in [2.45, 2.75) is 12.5 Å². The summed E-state index contributed by atoms with van der Waals surface area (Å²) in [5.74, 6) is -0.865. The molecule has 108 valence electrons. The lowest BCUT2D eigenvalue weighted by molar-refractivity contribution is -0.127. The molecule has 2 aromatic carbocycles. The summed E-state index contributed by atoms with van der Waals surface area (Å²) in [7, 11) is 0. The van der Waals surface area contributed by atoms with E-state index in [9.17, 15) is 9.59 Å². The summed E-state index contributed by atoms with van der Waals surface area (Å²) >= 11 is 5.79. The van der Waals surface area contributed by atoms with Crippen LogP contribution in [0, 0.1) is 0 Å². The third kappa shape index (κ3) is 4.33. The second kappa shape index (κ2) is 6.90. The number of nitrogens with one attached hydrogen (secondary N) is 1. The fourth-order valence-electron chi connectivity index (χ4n) is 1.96. The SMILES string of the molecule is NC(=O)[C@@H](NC(=O)Cc1ccc(Cl)cc1)c1ccccc1. The van der Waals surface area contributed by atoms with Crippen molar-refractivity contribution < 1.29 is 9.59 Å². The number of carbonyl (C=O) groups is 2. The van der Waals surface area contributed by atoms with Crippen LogP contribution in [0.2, 0.25) is 5.02 Å². The molecular weight excluding hydrogens is 288 g/mol. The van der Waals surface area contributed by atoms with Crippen LogP contribution in [0.3, 0.4) is 0 Å². The summed E-state index contributed by atoms with van der Waals surface area (Å²) in [4.78, 5) is 23.6. The van der Waals surface area contributed by atoms with E-state index in [1.807, 2.05) is 6.07 Å². The third-order valence-electron chi connectivity index (χ3n) is 3.00. The number of amides is 2. The molecule has 2 amide bonds. The van der Waals surface area contributed by atoms with Gasteiger partial charge in [-0.05, 0) is 23.3 Å². The predicted octanol–water partition coefficient (Wildman–Crippen LogP) is 2.23. The van der Waals surface area contributed by atoms with Gasteiger partial charge in [0.05, 0.1) is 6.42 Å². The lowest BCUT2D eigenvalue weighted by Gasteiger charge is -2.15. The van der Waals surface area contributed by atoms with Gasteiger partial charge in [-0.25, -0.2) is 0 Å². The minimum absolute atomic E-state index is 0.160. The maximum Gasteiger partial charge on any atom is 0.244 e. The Bertz CT molecular complexity index is 626. The third-order valence-corrected chi connectivity index (χ3v) is 3.25. The molecule has 0 saturated heterocycles. The molecule has 2 aromatic rings. The van der Waals surface area contributed by atoms with Gasteiger partial charge in [-0.3, -0.25) is 9.59 Å². The summed E-state index contributed by atoms with van der Waals surface area (Å²) in [6.07, 6.45) is 0.160. The second-order valence-electron chi connectivity index (χ2n) is 4.62. The fourth-order valence-corrected chi connectivity index (χ4v) is 2.09. The van der Waals surface area contributed by atoms with Gasteiger partial charge in [-0.15, -0.1) is 0 Å². The van der Waals surface area contributed by atoms with Gasteiger partial charge in [0.25, 0.3) is 0 Å². The molecule has 0 aliphatic carbocycles. The Hall–Kier alpha value is -2.33. The summed E-state index contributed by atoms with van der Waals surface area (Å²) in [6.45, 7) is 0. The molecule has 3 N–H and O–H groups in total. The molecule has 0 unspecified atom stereocenters. The number of rotatable bonds is 5. The van der Waals surface area contributed by atoms with Crippen LogP contribution in [-0.2, 0) is 16.0 Å². The monoisotopic (exact) mass is 302 g/mol. The zero-order valence-corrected chi connectivity index (χ0v) is 12.0. The summed E-state index contributed by atoms with van der Waals surface area (Å²) < 4.78 is 0. The molecule has 0 heterocycles. The zero-order valence-electron chi connectivity index (χ0n) is 11.3. The van der Waals surface area contributed by atoms with Gasteiger partial charge >= 0.3 is 0 Å². The quantitative estimate of drug-likeness (QED) is 0.889. The smallest absolute Gasteiger partial charge is 0.244 e. The molecule has 21 heavy (non-hydrogen) atoms. The summed E-state index contributed by atoms with van der Waals surface area (Å²) in [5, 5.41) is 3.26. The molecule has 0 fully saturated rings. The largest absolute Gasteiger partial charge is 0.368 e. The number of hydrogen-bond acceptors (Lipinski definition) is 2. The van der Waals surface area contributed by atoms with E-state index in [1.165, 1.54) is 0 Å². The molecule has 0 bridgehead atoms. The van der Waals surface area contributed by atoms with Crippen LogP contribution in [0.1, 0.15) is 17.2 Å². The highest BCUT2D eigenvalue weighted by atomic mass is 35.5. The lowest BCUT2D eigenvalue weighted by atomic mass is 10.1. The molecule has 4 nitrogen and oxygen atoms in total. The van der Waals surface area contributed by atoms with Crippen LogP contribution in [0.15, 0.2) is 54.6 Å². The van der Waals surface area contributed by atoms with Crippen molar-refractivity contribution in [2.24, 2.45) is 5.73 Å². The van der Waals surface area contributed by atoms with Gasteiger partial charge in [0.15, 0.2) is 0 Å². The Morgan fingerprint density at radius 3 is 2.24 bits per heavy atom. The summed E-state index contributed by atoms with van der Waals surface area (Å²) in [6, 6.07) is 15.0. The first-order valence-corrected chi connectivity index (χ1v) is 6.82. The standard InChI is InChI=1S/C16H15ClN2O2/c17-13-8-6-11(7-9-13)10-14(20)19-15(16(18)21)12-4-2-1-3-5-12/h1-9,15H,10H2,(H2,18,21)(H,19,20)/t15-/m0/s1. The van der Waals surface area contributed by atoms with Crippen molar-refractivity contribution in [3.8, 4) is 0 Å². The first kappa shape index (κ1) is 15.1. The Balaban J connectivity index is 2.05. The van der Waals surface area contributed by atoms with E-state index in [-0.39, 0.29) is 12.3 Å². The molecular formula is C16H15ClN2O2. The summed E-state index contributed by atoms with van der Waals surface area (Å²) in [5.41, 5.74) is 6.83. The van der Waals surface area contributed by atoms with Crippen molar-refractivity contribution >= 4 is 23.4 Å². The molecule has 0 aliphatic rings. The number of benzene rings is 2. The second-order valence-corrected chi connectivity index (χ2v) is 5.05. The van der Waals surface area contributed by atoms with Crippen LogP contribution >= 0.6 is 11.6 Å². The molecule has 5 heteroatoms. The zero-order chi connectivity index (χ0) is 15.2. The number of primary amides is 1. The maximum atomic E-state index is 12.0. The number of halogens is 1. The van der Waals surface area contributed by atoms with E-state index < -0.39 is 11.9 Å². The van der Waals surface area contributed by atoms with Crippen molar-refractivity contribution in [3.05, 3.63) is 70.7 Å². The number of carbonyl (C=O) groups excluding carboxylic acids is 2. The lowest BCUT2D eigenvalue weighted by Crippen LogP contribution is -2.38. The molecule has 0 radical (unpaired) electrons. The number of nitrogens with two attached hydrogens (primary N) is 1. The highest BCUT2D eigenvalue weighted by Gasteiger charge is 2.19. The molecule has 0 saturated carbocycles. The number of hydrogen-bond donors (Lipinski definition) is 2. The average Bonchev–Trinajstić information content (AvgIpc) is 2.48. The van der Waals surface area contributed by atoms with Gasteiger partial charge in [-0.2, -0.15) is 0 Å². The normalized spacial score (nSPS) is 11.7. The highest BCUT2D eigenvalue weighted by molar-refractivity contribution is 6.30. The van der Waals surface area contributed by atoms with E-state index >= 15 is 0 Å². The first-order chi connectivity index (χ1) is 10.1. The van der Waals surface area contributed by atoms with Gasteiger partial charge in [-0.1, -0.05) is 54.1 Å². The maximum absolute atomic E-state index is 12.0. The topological polar surface area (TPSA) is 72.2 Å². The Labute approximate surface area is 127 Å². The molecule has 1 atom stereocenters. The van der Waals surface area contributed by atoms with E-state index in [1.54, 1.807) is 48.5 Å². The van der Waals surface area contributed by atoms with Gasteiger partial charge in [0.2, 0.25) is 11.8 Å². The molecule has 0 aromatic heterocycles. The average molecular weight is 303 g/mol. The fraction of sp³-hybridized carbons (Fsp3) is 0.125. The van der Waals surface area contributed by atoms with E-state index in [4.69, 9.17) is 17.3 Å². The Kier molecular flexibility index (Phi) is 4.95. The van der Waals surface area contributed by atoms with E-state index in [0.29, 0.717) is 10.6 Å². The van der Waals surface area contributed by atoms with Crippen LogP contribution < -0.4 is 11.1 Å². The van der Waals surface area contributed by atoms with Crippen molar-refractivity contribution in [1.82, 2.24) is 5.32 Å². The van der Waals surface area contributed by atoms with Crippen LogP contribution in [0.4, 0.5) is 0 Å². The van der Waals surface area contributed by atoms with Crippen LogP contribution in [0.5, 0.6) is 0 Å². The minimum Gasteiger partial charge on any atom is -0.368 e. The van der Waals surface area contributed by atoms with Crippen LogP contribution in [0.25, 0.3) is 0 Å².